The highest BCUT2D eigenvalue weighted by Crippen LogP contribution is 2.25. The quantitative estimate of drug-likeness (QED) is 0.214. The van der Waals surface area contributed by atoms with Gasteiger partial charge in [-0.3, -0.25) is 10.1 Å². The van der Waals surface area contributed by atoms with Crippen molar-refractivity contribution in [3.05, 3.63) is 43.8 Å². The number of rotatable bonds is 6. The Kier molecular flexibility index (Phi) is 5.03. The van der Waals surface area contributed by atoms with Crippen molar-refractivity contribution in [1.82, 2.24) is 4.72 Å². The van der Waals surface area contributed by atoms with Crippen molar-refractivity contribution in [3.8, 4) is 0 Å². The zero-order chi connectivity index (χ0) is 15.3. The summed E-state index contributed by atoms with van der Waals surface area (Å²) in [6.45, 7) is 3.05. The Balaban J connectivity index is 3.16. The molecule has 0 saturated heterocycles. The largest absolute Gasteiger partial charge is 0.271 e. The van der Waals surface area contributed by atoms with E-state index in [0.717, 1.165) is 6.07 Å². The molecule has 0 heterocycles. The third kappa shape index (κ3) is 3.67. The molecule has 0 saturated carbocycles. The van der Waals surface area contributed by atoms with Gasteiger partial charge in [0.1, 0.15) is 0 Å². The zero-order valence-electron chi connectivity index (χ0n) is 10.9. The Labute approximate surface area is 115 Å². The minimum atomic E-state index is -3.89. The highest BCUT2D eigenvalue weighted by Gasteiger charge is 2.21. The Morgan fingerprint density at radius 3 is 2.65 bits per heavy atom. The molecule has 20 heavy (non-hydrogen) atoms. The first kappa shape index (κ1) is 15.9. The average Bonchev–Trinajstić information content (AvgIpc) is 2.37. The van der Waals surface area contributed by atoms with Crippen LogP contribution in [0.15, 0.2) is 22.1 Å². The topological polar surface area (TPSA) is 138 Å². The van der Waals surface area contributed by atoms with Crippen LogP contribution in [0, 0.1) is 24.0 Å². The lowest BCUT2D eigenvalue weighted by atomic mass is 10.1. The summed E-state index contributed by atoms with van der Waals surface area (Å²) in [6, 6.07) is 2.33. The van der Waals surface area contributed by atoms with E-state index in [1.165, 1.54) is 6.07 Å². The highest BCUT2D eigenvalue weighted by atomic mass is 32.2. The minimum Gasteiger partial charge on any atom is -0.258 e. The van der Waals surface area contributed by atoms with E-state index >= 15 is 0 Å². The molecule has 1 N–H and O–H groups in total. The van der Waals surface area contributed by atoms with Crippen LogP contribution in [0.4, 0.5) is 5.69 Å². The van der Waals surface area contributed by atoms with Crippen molar-refractivity contribution in [2.45, 2.75) is 18.7 Å². The summed E-state index contributed by atoms with van der Waals surface area (Å²) in [4.78, 5) is 12.5. The molecule has 0 spiro atoms. The van der Waals surface area contributed by atoms with Crippen LogP contribution in [0.25, 0.3) is 10.4 Å². The van der Waals surface area contributed by atoms with E-state index in [2.05, 4.69) is 14.7 Å². The Hall–Kier alpha value is -2.16. The number of sulfonamides is 1. The van der Waals surface area contributed by atoms with Gasteiger partial charge in [0, 0.05) is 30.1 Å². The third-order valence-electron chi connectivity index (χ3n) is 2.67. The van der Waals surface area contributed by atoms with Gasteiger partial charge in [0.15, 0.2) is 0 Å². The number of nitrogens with zero attached hydrogens (tertiary/aromatic N) is 4. The first-order valence-electron chi connectivity index (χ1n) is 5.55. The predicted octanol–water partition coefficient (Wildman–Crippen LogP) is 1.80. The second-order valence-electron chi connectivity index (χ2n) is 4.00. The standard InChI is InChI=1S/C10H13N5O4S/c1-7-5-9(15(16)17)6-10(8(7)2)20(18,19)13-4-3-12-14-11/h5-6,13H,3-4H2,1-2H3. The van der Waals surface area contributed by atoms with Crippen LogP contribution in [-0.2, 0) is 10.0 Å². The van der Waals surface area contributed by atoms with E-state index in [0.29, 0.717) is 11.1 Å². The molecule has 1 rings (SSSR count). The average molecular weight is 299 g/mol. The molecule has 0 fully saturated rings. The predicted molar refractivity (Wildman–Crippen MR) is 71.8 cm³/mol. The number of benzene rings is 1. The van der Waals surface area contributed by atoms with Crippen molar-refractivity contribution in [1.29, 1.82) is 0 Å². The van der Waals surface area contributed by atoms with Gasteiger partial charge in [-0.25, -0.2) is 13.1 Å². The van der Waals surface area contributed by atoms with E-state index < -0.39 is 14.9 Å². The summed E-state index contributed by atoms with van der Waals surface area (Å²) in [5.74, 6) is 0. The third-order valence-corrected chi connectivity index (χ3v) is 4.26. The molecule has 0 amide bonds. The molecule has 0 aliphatic rings. The van der Waals surface area contributed by atoms with Gasteiger partial charge < -0.3 is 0 Å². The molecule has 0 unspecified atom stereocenters. The van der Waals surface area contributed by atoms with Crippen LogP contribution in [0.2, 0.25) is 0 Å². The second kappa shape index (κ2) is 6.33. The summed E-state index contributed by atoms with van der Waals surface area (Å²) in [7, 11) is -3.89. The van der Waals surface area contributed by atoms with Gasteiger partial charge in [0.25, 0.3) is 5.69 Å². The van der Waals surface area contributed by atoms with Gasteiger partial charge in [-0.1, -0.05) is 5.11 Å². The summed E-state index contributed by atoms with van der Waals surface area (Å²) in [6.07, 6.45) is 0. The lowest BCUT2D eigenvalue weighted by molar-refractivity contribution is -0.385. The maximum Gasteiger partial charge on any atom is 0.271 e. The van der Waals surface area contributed by atoms with Crippen molar-refractivity contribution in [3.63, 3.8) is 0 Å². The Bertz CT molecular complexity index is 679. The van der Waals surface area contributed by atoms with Crippen LogP contribution < -0.4 is 4.72 Å². The lowest BCUT2D eigenvalue weighted by Gasteiger charge is -2.10. The van der Waals surface area contributed by atoms with Crippen LogP contribution in [0.5, 0.6) is 0 Å². The van der Waals surface area contributed by atoms with Gasteiger partial charge in [-0.15, -0.1) is 0 Å². The molecule has 0 aromatic heterocycles. The lowest BCUT2D eigenvalue weighted by Crippen LogP contribution is -2.27. The molecule has 0 atom stereocenters. The maximum atomic E-state index is 12.1. The number of nitro benzene ring substituents is 1. The minimum absolute atomic E-state index is 0.0390. The second-order valence-corrected chi connectivity index (χ2v) is 5.73. The van der Waals surface area contributed by atoms with Crippen LogP contribution in [-0.4, -0.2) is 26.4 Å². The van der Waals surface area contributed by atoms with Gasteiger partial charge in [-0.05, 0) is 30.5 Å². The Morgan fingerprint density at radius 2 is 2.10 bits per heavy atom. The van der Waals surface area contributed by atoms with E-state index in [1.807, 2.05) is 0 Å². The molecule has 0 aliphatic heterocycles. The first-order chi connectivity index (χ1) is 9.29. The number of nitro groups is 1. The van der Waals surface area contributed by atoms with E-state index in [4.69, 9.17) is 5.53 Å². The fraction of sp³-hybridized carbons (Fsp3) is 0.400. The molecule has 0 radical (unpaired) electrons. The molecule has 108 valence electrons. The maximum absolute atomic E-state index is 12.1. The summed E-state index contributed by atoms with van der Waals surface area (Å²) >= 11 is 0. The molecule has 0 bridgehead atoms. The molecule has 0 aliphatic carbocycles. The van der Waals surface area contributed by atoms with Crippen molar-refractivity contribution in [2.24, 2.45) is 5.11 Å². The number of hydrogen-bond donors (Lipinski definition) is 1. The van der Waals surface area contributed by atoms with Crippen molar-refractivity contribution >= 4 is 15.7 Å². The van der Waals surface area contributed by atoms with Gasteiger partial charge in [0.2, 0.25) is 10.0 Å². The summed E-state index contributed by atoms with van der Waals surface area (Å²) < 4.78 is 26.4. The highest BCUT2D eigenvalue weighted by molar-refractivity contribution is 7.89. The molecule has 1 aromatic carbocycles. The van der Waals surface area contributed by atoms with Gasteiger partial charge in [-0.2, -0.15) is 0 Å². The van der Waals surface area contributed by atoms with Gasteiger partial charge >= 0.3 is 0 Å². The summed E-state index contributed by atoms with van der Waals surface area (Å²) in [5, 5.41) is 14.0. The molecular weight excluding hydrogens is 286 g/mol. The smallest absolute Gasteiger partial charge is 0.258 e. The SMILES string of the molecule is Cc1cc([N+](=O)[O-])cc(S(=O)(=O)NCCN=[N+]=[N-])c1C. The number of aryl methyl sites for hydroxylation is 1. The normalized spacial score (nSPS) is 10.9. The molecule has 9 nitrogen and oxygen atoms in total. The van der Waals surface area contributed by atoms with E-state index in [-0.39, 0.29) is 23.7 Å². The monoisotopic (exact) mass is 299 g/mol. The molecular formula is C10H13N5O4S. The first-order valence-corrected chi connectivity index (χ1v) is 7.04. The number of hydrogen-bond acceptors (Lipinski definition) is 5. The molecule has 1 aromatic rings. The van der Waals surface area contributed by atoms with Crippen LogP contribution in [0.1, 0.15) is 11.1 Å². The number of non-ortho nitro benzene ring substituents is 1. The summed E-state index contributed by atoms with van der Waals surface area (Å²) in [5.41, 5.74) is 8.75. The number of azide groups is 1. The number of nitrogens with one attached hydrogen (secondary N) is 1. The fourth-order valence-corrected chi connectivity index (χ4v) is 2.90. The van der Waals surface area contributed by atoms with Crippen LogP contribution in [0.3, 0.4) is 0 Å². The zero-order valence-corrected chi connectivity index (χ0v) is 11.7. The fourth-order valence-electron chi connectivity index (χ4n) is 1.55. The van der Waals surface area contributed by atoms with Crippen molar-refractivity contribution in [2.75, 3.05) is 13.1 Å². The van der Waals surface area contributed by atoms with Crippen molar-refractivity contribution < 1.29 is 13.3 Å². The van der Waals surface area contributed by atoms with Crippen LogP contribution >= 0.6 is 0 Å². The Morgan fingerprint density at radius 1 is 1.45 bits per heavy atom. The molecule has 10 heteroatoms. The van der Waals surface area contributed by atoms with E-state index in [1.54, 1.807) is 13.8 Å². The van der Waals surface area contributed by atoms with Gasteiger partial charge in [0.05, 0.1) is 9.82 Å². The van der Waals surface area contributed by atoms with E-state index in [9.17, 15) is 18.5 Å².